The van der Waals surface area contributed by atoms with Crippen molar-refractivity contribution >= 4 is 23.4 Å². The number of likely N-dealkylation sites (tertiary alicyclic amines) is 1. The van der Waals surface area contributed by atoms with Gasteiger partial charge in [0.15, 0.2) is 5.76 Å². The van der Waals surface area contributed by atoms with Gasteiger partial charge in [-0.2, -0.15) is 0 Å². The lowest BCUT2D eigenvalue weighted by Crippen LogP contribution is -2.37. The number of hydrogen-bond acceptors (Lipinski definition) is 7. The van der Waals surface area contributed by atoms with Gasteiger partial charge in [-0.25, -0.2) is 0 Å². The van der Waals surface area contributed by atoms with E-state index in [9.17, 15) is 19.7 Å². The molecule has 3 aliphatic rings. The molecule has 0 spiro atoms. The molecular formula is C20H21N5O5. The summed E-state index contributed by atoms with van der Waals surface area (Å²) in [6.07, 6.45) is 3.99. The molecular weight excluding hydrogens is 390 g/mol. The number of carbonyl (C=O) groups is 2. The SMILES string of the molecule is O=C(NC1[C@H]2CN(C(=O)c3ccc([N+](=O)[O-])o3)C[C@@H]12)c1cc(N2CCCC2)ccn1. The molecule has 10 heteroatoms. The number of pyridine rings is 1. The second-order valence-electron chi connectivity index (χ2n) is 8.03. The number of nitro groups is 1. The second kappa shape index (κ2) is 7.12. The molecule has 1 unspecified atom stereocenters. The number of fused-ring (bicyclic) bond motifs is 1. The number of nitrogens with zero attached hydrogens (tertiary/aromatic N) is 4. The lowest BCUT2D eigenvalue weighted by Gasteiger charge is -2.19. The Bertz CT molecular complexity index is 1000. The average molecular weight is 411 g/mol. The maximum absolute atomic E-state index is 12.6. The first-order chi connectivity index (χ1) is 14.5. The van der Waals surface area contributed by atoms with E-state index in [4.69, 9.17) is 4.42 Å². The van der Waals surface area contributed by atoms with Gasteiger partial charge in [0.1, 0.15) is 10.6 Å². The van der Waals surface area contributed by atoms with Gasteiger partial charge in [0.2, 0.25) is 0 Å². The molecule has 5 rings (SSSR count). The summed E-state index contributed by atoms with van der Waals surface area (Å²) in [5.74, 6) is -0.674. The Morgan fingerprint density at radius 1 is 1.17 bits per heavy atom. The summed E-state index contributed by atoms with van der Waals surface area (Å²) in [6.45, 7) is 2.98. The monoisotopic (exact) mass is 411 g/mol. The van der Waals surface area contributed by atoms with E-state index in [0.29, 0.717) is 18.8 Å². The van der Waals surface area contributed by atoms with Crippen LogP contribution in [-0.4, -0.2) is 58.8 Å². The number of anilines is 1. The minimum absolute atomic E-state index is 0.0183. The van der Waals surface area contributed by atoms with Crippen molar-refractivity contribution in [1.29, 1.82) is 0 Å². The Hall–Kier alpha value is -3.43. The van der Waals surface area contributed by atoms with Crippen molar-refractivity contribution < 1.29 is 18.9 Å². The van der Waals surface area contributed by atoms with E-state index in [1.54, 1.807) is 11.1 Å². The Labute approximate surface area is 172 Å². The number of carbonyl (C=O) groups excluding carboxylic acids is 2. The molecule has 156 valence electrons. The molecule has 0 bridgehead atoms. The normalized spacial score (nSPS) is 24.6. The molecule has 4 heterocycles. The topological polar surface area (TPSA) is 122 Å². The van der Waals surface area contributed by atoms with Gasteiger partial charge in [0, 0.05) is 55.9 Å². The van der Waals surface area contributed by atoms with Gasteiger partial charge < -0.3 is 19.5 Å². The number of furan rings is 1. The van der Waals surface area contributed by atoms with Gasteiger partial charge in [-0.3, -0.25) is 24.7 Å². The number of rotatable bonds is 5. The van der Waals surface area contributed by atoms with Crippen LogP contribution in [0.3, 0.4) is 0 Å². The highest BCUT2D eigenvalue weighted by Crippen LogP contribution is 2.46. The fourth-order valence-electron chi connectivity index (χ4n) is 4.54. The third kappa shape index (κ3) is 3.27. The summed E-state index contributed by atoms with van der Waals surface area (Å²) in [7, 11) is 0. The van der Waals surface area contributed by atoms with Crippen LogP contribution in [0, 0.1) is 22.0 Å². The van der Waals surface area contributed by atoms with E-state index in [2.05, 4.69) is 15.2 Å². The number of hydrogen-bond donors (Lipinski definition) is 1. The average Bonchev–Trinajstić information content (AvgIpc) is 3.32. The molecule has 2 saturated heterocycles. The van der Waals surface area contributed by atoms with Crippen LogP contribution in [0.15, 0.2) is 34.9 Å². The number of nitrogens with one attached hydrogen (secondary N) is 1. The van der Waals surface area contributed by atoms with Crippen molar-refractivity contribution in [2.45, 2.75) is 18.9 Å². The van der Waals surface area contributed by atoms with Crippen LogP contribution in [0.4, 0.5) is 11.6 Å². The van der Waals surface area contributed by atoms with Crippen molar-refractivity contribution in [3.8, 4) is 0 Å². The molecule has 2 amide bonds. The molecule has 0 aromatic carbocycles. The maximum Gasteiger partial charge on any atom is 0.433 e. The van der Waals surface area contributed by atoms with Gasteiger partial charge in [0.05, 0.1) is 6.07 Å². The Morgan fingerprint density at radius 2 is 1.90 bits per heavy atom. The van der Waals surface area contributed by atoms with Crippen LogP contribution >= 0.6 is 0 Å². The third-order valence-corrected chi connectivity index (χ3v) is 6.21. The molecule has 1 aliphatic carbocycles. The fourth-order valence-corrected chi connectivity index (χ4v) is 4.54. The predicted octanol–water partition coefficient (Wildman–Crippen LogP) is 1.68. The van der Waals surface area contributed by atoms with Gasteiger partial charge in [0.25, 0.3) is 11.8 Å². The quantitative estimate of drug-likeness (QED) is 0.587. The van der Waals surface area contributed by atoms with Crippen molar-refractivity contribution in [3.05, 3.63) is 52.0 Å². The molecule has 2 aliphatic heterocycles. The largest absolute Gasteiger partial charge is 0.433 e. The van der Waals surface area contributed by atoms with E-state index < -0.39 is 10.8 Å². The maximum atomic E-state index is 12.6. The molecule has 2 aromatic rings. The van der Waals surface area contributed by atoms with Gasteiger partial charge >= 0.3 is 5.88 Å². The van der Waals surface area contributed by atoms with Crippen LogP contribution in [0.25, 0.3) is 0 Å². The summed E-state index contributed by atoms with van der Waals surface area (Å²) in [6, 6.07) is 6.28. The zero-order valence-electron chi connectivity index (χ0n) is 16.2. The molecule has 30 heavy (non-hydrogen) atoms. The molecule has 1 saturated carbocycles. The van der Waals surface area contributed by atoms with Crippen molar-refractivity contribution in [3.63, 3.8) is 0 Å². The van der Waals surface area contributed by atoms with E-state index in [1.807, 2.05) is 12.1 Å². The van der Waals surface area contributed by atoms with Crippen LogP contribution in [0.5, 0.6) is 0 Å². The first kappa shape index (κ1) is 18.6. The zero-order chi connectivity index (χ0) is 20.8. The van der Waals surface area contributed by atoms with E-state index in [0.717, 1.165) is 31.6 Å². The van der Waals surface area contributed by atoms with Crippen LogP contribution in [0.1, 0.15) is 33.9 Å². The highest BCUT2D eigenvalue weighted by atomic mass is 16.6. The van der Waals surface area contributed by atoms with Crippen molar-refractivity contribution in [2.24, 2.45) is 11.8 Å². The second-order valence-corrected chi connectivity index (χ2v) is 8.03. The fraction of sp³-hybridized carbons (Fsp3) is 0.450. The summed E-state index contributed by atoms with van der Waals surface area (Å²) in [5.41, 5.74) is 1.42. The molecule has 2 aromatic heterocycles. The summed E-state index contributed by atoms with van der Waals surface area (Å²) in [5, 5.41) is 13.8. The van der Waals surface area contributed by atoms with Crippen molar-refractivity contribution in [1.82, 2.24) is 15.2 Å². The number of amides is 2. The van der Waals surface area contributed by atoms with E-state index >= 15 is 0 Å². The predicted molar refractivity (Wildman–Crippen MR) is 105 cm³/mol. The summed E-state index contributed by atoms with van der Waals surface area (Å²) >= 11 is 0. The molecule has 1 N–H and O–H groups in total. The molecule has 3 atom stereocenters. The minimum atomic E-state index is -0.670. The summed E-state index contributed by atoms with van der Waals surface area (Å²) < 4.78 is 5.00. The first-order valence-corrected chi connectivity index (χ1v) is 10.1. The van der Waals surface area contributed by atoms with Gasteiger partial charge in [-0.1, -0.05) is 0 Å². The molecule has 10 nitrogen and oxygen atoms in total. The molecule has 0 radical (unpaired) electrons. The highest BCUT2D eigenvalue weighted by molar-refractivity contribution is 5.94. The number of aromatic nitrogens is 1. The Kier molecular flexibility index (Phi) is 4.41. The van der Waals surface area contributed by atoms with Crippen LogP contribution in [-0.2, 0) is 0 Å². The van der Waals surface area contributed by atoms with Crippen molar-refractivity contribution in [2.75, 3.05) is 31.1 Å². The Balaban J connectivity index is 1.17. The summed E-state index contributed by atoms with van der Waals surface area (Å²) in [4.78, 5) is 43.2. The van der Waals surface area contributed by atoms with Gasteiger partial charge in [-0.15, -0.1) is 0 Å². The minimum Gasteiger partial charge on any atom is -0.395 e. The van der Waals surface area contributed by atoms with Crippen LogP contribution < -0.4 is 10.2 Å². The highest BCUT2D eigenvalue weighted by Gasteiger charge is 2.57. The van der Waals surface area contributed by atoms with Gasteiger partial charge in [-0.05, 0) is 31.0 Å². The van der Waals surface area contributed by atoms with Crippen LogP contribution in [0.2, 0.25) is 0 Å². The van der Waals surface area contributed by atoms with E-state index in [1.165, 1.54) is 12.1 Å². The lowest BCUT2D eigenvalue weighted by atomic mass is 10.2. The smallest absolute Gasteiger partial charge is 0.395 e. The molecule has 3 fully saturated rings. The first-order valence-electron chi connectivity index (χ1n) is 10.1. The lowest BCUT2D eigenvalue weighted by molar-refractivity contribution is -0.402. The third-order valence-electron chi connectivity index (χ3n) is 6.21. The zero-order valence-corrected chi connectivity index (χ0v) is 16.2. The number of piperidine rings is 1. The Morgan fingerprint density at radius 3 is 2.57 bits per heavy atom. The standard InChI is InChI=1S/C20H21N5O5/c26-19(15-9-12(5-6-21-15)23-7-1-2-8-23)22-18-13-10-24(11-14(13)18)20(27)16-3-4-17(30-16)25(28)29/h3-6,9,13-14,18H,1-2,7-8,10-11H2,(H,22,26)/t13-,14+,18?. The van der Waals surface area contributed by atoms with E-state index in [-0.39, 0.29) is 35.5 Å².